The molecule has 0 saturated heterocycles. The van der Waals surface area contributed by atoms with Gasteiger partial charge in [0.25, 0.3) is 11.8 Å². The second-order valence-electron chi connectivity index (χ2n) is 9.68. The molecule has 3 rings (SSSR count). The Hall–Kier alpha value is -3.68. The van der Waals surface area contributed by atoms with E-state index in [9.17, 15) is 19.2 Å². The summed E-state index contributed by atoms with van der Waals surface area (Å²) in [6.07, 6.45) is 0. The smallest absolute Gasteiger partial charge is 0.329 e. The normalized spacial score (nSPS) is 14.2. The van der Waals surface area contributed by atoms with Crippen molar-refractivity contribution in [3.8, 4) is 0 Å². The van der Waals surface area contributed by atoms with Gasteiger partial charge in [-0.2, -0.15) is 0 Å². The number of anilines is 2. The highest BCUT2D eigenvalue weighted by Crippen LogP contribution is 2.29. The lowest BCUT2D eigenvalue weighted by atomic mass is 9.86. The lowest BCUT2D eigenvalue weighted by Gasteiger charge is -2.29. The summed E-state index contributed by atoms with van der Waals surface area (Å²) < 4.78 is 5.25. The summed E-state index contributed by atoms with van der Waals surface area (Å²) in [6.45, 7) is 9.11. The van der Waals surface area contributed by atoms with Crippen LogP contribution in [0.4, 0.5) is 11.4 Å². The second kappa shape index (κ2) is 10.1. The van der Waals surface area contributed by atoms with Crippen molar-refractivity contribution in [3.63, 3.8) is 0 Å². The van der Waals surface area contributed by atoms with E-state index in [1.807, 2.05) is 12.1 Å². The monoisotopic (exact) mass is 465 g/mol. The molecule has 8 nitrogen and oxygen atoms in total. The van der Waals surface area contributed by atoms with Crippen molar-refractivity contribution in [1.82, 2.24) is 5.32 Å². The minimum absolute atomic E-state index is 0.0403. The number of fused-ring (bicyclic) bond motifs is 1. The number of ether oxygens (including phenoxy) is 1. The molecule has 8 heteroatoms. The number of esters is 1. The molecule has 0 spiro atoms. The maximum Gasteiger partial charge on any atom is 0.329 e. The highest BCUT2D eigenvalue weighted by molar-refractivity contribution is 6.10. The molecule has 1 aliphatic rings. The summed E-state index contributed by atoms with van der Waals surface area (Å²) in [5.74, 6) is -2.23. The molecule has 0 bridgehead atoms. The molecule has 1 atom stereocenters. The van der Waals surface area contributed by atoms with E-state index in [0.717, 1.165) is 5.56 Å². The number of nitrogens with one attached hydrogen (secondary N) is 2. The highest BCUT2D eigenvalue weighted by atomic mass is 16.5. The van der Waals surface area contributed by atoms with E-state index in [1.165, 1.54) is 4.90 Å². The third kappa shape index (κ3) is 5.81. The zero-order valence-corrected chi connectivity index (χ0v) is 20.2. The van der Waals surface area contributed by atoms with Gasteiger partial charge in [0, 0.05) is 5.56 Å². The Labute approximate surface area is 199 Å². The van der Waals surface area contributed by atoms with E-state index >= 15 is 0 Å². The third-order valence-corrected chi connectivity index (χ3v) is 5.63. The van der Waals surface area contributed by atoms with Crippen molar-refractivity contribution >= 4 is 35.1 Å². The second-order valence-corrected chi connectivity index (χ2v) is 9.68. The average molecular weight is 466 g/mol. The van der Waals surface area contributed by atoms with Gasteiger partial charge < -0.3 is 15.4 Å². The Kier molecular flexibility index (Phi) is 7.39. The van der Waals surface area contributed by atoms with Crippen LogP contribution in [0.1, 0.15) is 50.5 Å². The first-order chi connectivity index (χ1) is 16.0. The molecule has 3 amide bonds. The van der Waals surface area contributed by atoms with Gasteiger partial charge in [-0.3, -0.25) is 19.3 Å². The molecule has 0 aliphatic carbocycles. The predicted molar refractivity (Wildman–Crippen MR) is 130 cm³/mol. The van der Waals surface area contributed by atoms with E-state index in [0.29, 0.717) is 16.9 Å². The zero-order chi connectivity index (χ0) is 25.0. The summed E-state index contributed by atoms with van der Waals surface area (Å²) in [5, 5.41) is 5.42. The molecule has 2 N–H and O–H groups in total. The first-order valence-corrected chi connectivity index (χ1v) is 11.2. The quantitative estimate of drug-likeness (QED) is 0.637. The zero-order valence-electron chi connectivity index (χ0n) is 20.2. The molecule has 1 heterocycles. The van der Waals surface area contributed by atoms with Crippen LogP contribution < -0.4 is 15.5 Å². The number of carbonyl (C=O) groups excluding carboxylic acids is 4. The fourth-order valence-electron chi connectivity index (χ4n) is 3.60. The Morgan fingerprint density at radius 1 is 1.06 bits per heavy atom. The third-order valence-electron chi connectivity index (χ3n) is 5.63. The van der Waals surface area contributed by atoms with Crippen LogP contribution in [0.2, 0.25) is 0 Å². The van der Waals surface area contributed by atoms with E-state index in [1.54, 1.807) is 50.2 Å². The molecule has 180 valence electrons. The Balaban J connectivity index is 1.63. The number of hydrogen-bond acceptors (Lipinski definition) is 5. The molecule has 0 radical (unpaired) electrons. The highest BCUT2D eigenvalue weighted by Gasteiger charge is 2.30. The van der Waals surface area contributed by atoms with Crippen molar-refractivity contribution < 1.29 is 23.9 Å². The molecule has 1 unspecified atom stereocenters. The van der Waals surface area contributed by atoms with Gasteiger partial charge in [0.1, 0.15) is 12.6 Å². The van der Waals surface area contributed by atoms with Gasteiger partial charge in [-0.15, -0.1) is 0 Å². The standard InChI is InChI=1S/C26H31N3O5/c1-16(2)23(28-24(32)17-10-12-18(13-11-17)26(3,4)5)25(33)34-15-22(31)29-14-21(30)27-19-8-6-7-9-20(19)29/h6-13,16,23H,14-15H2,1-5H3,(H,27,30)(H,28,32). The van der Waals surface area contributed by atoms with E-state index < -0.39 is 30.4 Å². The molecule has 0 fully saturated rings. The van der Waals surface area contributed by atoms with Crippen LogP contribution in [0.25, 0.3) is 0 Å². The van der Waals surface area contributed by atoms with Crippen LogP contribution in [0.15, 0.2) is 48.5 Å². The summed E-state index contributed by atoms with van der Waals surface area (Å²) >= 11 is 0. The summed E-state index contributed by atoms with van der Waals surface area (Å²) in [5.41, 5.74) is 2.54. The first kappa shape index (κ1) is 25.0. The van der Waals surface area contributed by atoms with Gasteiger partial charge in [0.15, 0.2) is 6.61 Å². The summed E-state index contributed by atoms with van der Waals surface area (Å²) in [7, 11) is 0. The van der Waals surface area contributed by atoms with Gasteiger partial charge in [-0.05, 0) is 41.2 Å². The van der Waals surface area contributed by atoms with Crippen LogP contribution in [-0.2, 0) is 24.5 Å². The Morgan fingerprint density at radius 3 is 2.32 bits per heavy atom. The fraction of sp³-hybridized carbons (Fsp3) is 0.385. The molecule has 34 heavy (non-hydrogen) atoms. The average Bonchev–Trinajstić information content (AvgIpc) is 2.79. The molecule has 0 saturated carbocycles. The number of para-hydroxylation sites is 2. The summed E-state index contributed by atoms with van der Waals surface area (Å²) in [6, 6.07) is 13.2. The maximum atomic E-state index is 12.7. The molecule has 2 aromatic rings. The maximum absolute atomic E-state index is 12.7. The Bertz CT molecular complexity index is 1090. The van der Waals surface area contributed by atoms with Crippen molar-refractivity contribution in [3.05, 3.63) is 59.7 Å². The number of carbonyl (C=O) groups is 4. The van der Waals surface area contributed by atoms with Gasteiger partial charge in [-0.1, -0.05) is 58.9 Å². The number of amides is 3. The van der Waals surface area contributed by atoms with Gasteiger partial charge >= 0.3 is 5.97 Å². The molecular weight excluding hydrogens is 434 g/mol. The van der Waals surface area contributed by atoms with Gasteiger partial charge in [-0.25, -0.2) is 4.79 Å². The van der Waals surface area contributed by atoms with E-state index in [-0.39, 0.29) is 23.8 Å². The molecule has 2 aromatic carbocycles. The molecule has 0 aromatic heterocycles. The number of benzene rings is 2. The largest absolute Gasteiger partial charge is 0.454 e. The van der Waals surface area contributed by atoms with Crippen LogP contribution in [0.5, 0.6) is 0 Å². The van der Waals surface area contributed by atoms with Crippen LogP contribution in [-0.4, -0.2) is 42.9 Å². The summed E-state index contributed by atoms with van der Waals surface area (Å²) in [4.78, 5) is 51.5. The van der Waals surface area contributed by atoms with Crippen LogP contribution >= 0.6 is 0 Å². The SMILES string of the molecule is CC(C)C(NC(=O)c1ccc(C(C)(C)C)cc1)C(=O)OCC(=O)N1CC(=O)Nc2ccccc21. The number of hydrogen-bond donors (Lipinski definition) is 2. The molecule has 1 aliphatic heterocycles. The van der Waals surface area contributed by atoms with Gasteiger partial charge in [0.2, 0.25) is 5.91 Å². The van der Waals surface area contributed by atoms with Crippen molar-refractivity contribution in [2.75, 3.05) is 23.4 Å². The van der Waals surface area contributed by atoms with Crippen LogP contribution in [0.3, 0.4) is 0 Å². The fourth-order valence-corrected chi connectivity index (χ4v) is 3.60. The lowest BCUT2D eigenvalue weighted by Crippen LogP contribution is -2.47. The number of nitrogens with zero attached hydrogens (tertiary/aromatic N) is 1. The van der Waals surface area contributed by atoms with Crippen molar-refractivity contribution in [2.45, 2.75) is 46.1 Å². The minimum Gasteiger partial charge on any atom is -0.454 e. The first-order valence-electron chi connectivity index (χ1n) is 11.2. The van der Waals surface area contributed by atoms with Gasteiger partial charge in [0.05, 0.1) is 11.4 Å². The van der Waals surface area contributed by atoms with E-state index in [4.69, 9.17) is 4.74 Å². The lowest BCUT2D eigenvalue weighted by molar-refractivity contribution is -0.150. The minimum atomic E-state index is -0.931. The van der Waals surface area contributed by atoms with Crippen molar-refractivity contribution in [2.24, 2.45) is 5.92 Å². The number of rotatable bonds is 6. The predicted octanol–water partition coefficient (Wildman–Crippen LogP) is 3.27. The topological polar surface area (TPSA) is 105 Å². The van der Waals surface area contributed by atoms with Crippen LogP contribution in [0, 0.1) is 5.92 Å². The molecular formula is C26H31N3O5. The van der Waals surface area contributed by atoms with E-state index in [2.05, 4.69) is 31.4 Å². The Morgan fingerprint density at radius 2 is 1.71 bits per heavy atom. The van der Waals surface area contributed by atoms with Crippen molar-refractivity contribution in [1.29, 1.82) is 0 Å².